The second-order valence-electron chi connectivity index (χ2n) is 6.83. The van der Waals surface area contributed by atoms with Gasteiger partial charge >= 0.3 is 6.09 Å². The minimum absolute atomic E-state index is 0.0678. The van der Waals surface area contributed by atoms with Gasteiger partial charge in [0.2, 0.25) is 5.91 Å². The van der Waals surface area contributed by atoms with Crippen LogP contribution in [0.15, 0.2) is 24.3 Å². The van der Waals surface area contributed by atoms with Crippen LogP contribution >= 0.6 is 0 Å². The van der Waals surface area contributed by atoms with Crippen LogP contribution in [-0.2, 0) is 9.53 Å². The highest BCUT2D eigenvalue weighted by Crippen LogP contribution is 2.27. The number of carbonyl (C=O) groups excluding carboxylic acids is 2. The zero-order valence-corrected chi connectivity index (χ0v) is 15.5. The third kappa shape index (κ3) is 3.42. The SMILES string of the molecule is COC(=O)NC(C(=O)N1CCC=C1c1nc2ccc(C)cc2[nH]1)C(C)C. The number of aromatic amines is 1. The number of carbonyl (C=O) groups is 2. The first-order valence-corrected chi connectivity index (χ1v) is 8.73. The van der Waals surface area contributed by atoms with Gasteiger partial charge in [-0.2, -0.15) is 0 Å². The maximum atomic E-state index is 13.1. The number of nitrogens with one attached hydrogen (secondary N) is 2. The molecule has 1 aliphatic rings. The van der Waals surface area contributed by atoms with Crippen LogP contribution in [0.1, 0.15) is 31.7 Å². The summed E-state index contributed by atoms with van der Waals surface area (Å²) in [5.74, 6) is 0.435. The number of alkyl carbamates (subject to hydrolysis) is 1. The van der Waals surface area contributed by atoms with Gasteiger partial charge in [0.15, 0.2) is 5.82 Å². The van der Waals surface area contributed by atoms with E-state index < -0.39 is 12.1 Å². The summed E-state index contributed by atoms with van der Waals surface area (Å²) >= 11 is 0. The number of aromatic nitrogens is 2. The lowest BCUT2D eigenvalue weighted by Gasteiger charge is -2.27. The van der Waals surface area contributed by atoms with Gasteiger partial charge in [0.1, 0.15) is 6.04 Å². The highest BCUT2D eigenvalue weighted by atomic mass is 16.5. The molecule has 0 radical (unpaired) electrons. The van der Waals surface area contributed by atoms with Crippen molar-refractivity contribution in [3.05, 3.63) is 35.7 Å². The molecule has 7 nitrogen and oxygen atoms in total. The molecule has 2 heterocycles. The summed E-state index contributed by atoms with van der Waals surface area (Å²) < 4.78 is 4.65. The van der Waals surface area contributed by atoms with E-state index in [0.717, 1.165) is 28.7 Å². The predicted molar refractivity (Wildman–Crippen MR) is 99.3 cm³/mol. The number of benzene rings is 1. The molecule has 2 amide bonds. The van der Waals surface area contributed by atoms with Gasteiger partial charge in [0.25, 0.3) is 0 Å². The van der Waals surface area contributed by atoms with Gasteiger partial charge in [-0.15, -0.1) is 0 Å². The van der Waals surface area contributed by atoms with Gasteiger partial charge in [-0.3, -0.25) is 4.79 Å². The number of H-pyrrole nitrogens is 1. The van der Waals surface area contributed by atoms with E-state index in [2.05, 4.69) is 20.0 Å². The number of fused-ring (bicyclic) bond motifs is 1. The van der Waals surface area contributed by atoms with E-state index in [4.69, 9.17) is 0 Å². The topological polar surface area (TPSA) is 87.3 Å². The van der Waals surface area contributed by atoms with Crippen LogP contribution < -0.4 is 5.32 Å². The highest BCUT2D eigenvalue weighted by Gasteiger charge is 2.33. The number of hydrogen-bond acceptors (Lipinski definition) is 4. The molecule has 138 valence electrons. The summed E-state index contributed by atoms with van der Waals surface area (Å²) in [6.07, 6.45) is 2.14. The lowest BCUT2D eigenvalue weighted by molar-refractivity contribution is -0.130. The van der Waals surface area contributed by atoms with E-state index in [9.17, 15) is 9.59 Å². The maximum Gasteiger partial charge on any atom is 0.407 e. The Balaban J connectivity index is 1.88. The Morgan fingerprint density at radius 1 is 1.35 bits per heavy atom. The fourth-order valence-corrected chi connectivity index (χ4v) is 3.13. The quantitative estimate of drug-likeness (QED) is 0.882. The van der Waals surface area contributed by atoms with Crippen molar-refractivity contribution in [3.8, 4) is 0 Å². The van der Waals surface area contributed by atoms with Crippen molar-refractivity contribution in [2.24, 2.45) is 5.92 Å². The van der Waals surface area contributed by atoms with E-state index in [1.165, 1.54) is 7.11 Å². The summed E-state index contributed by atoms with van der Waals surface area (Å²) in [7, 11) is 1.29. The van der Waals surface area contributed by atoms with Crippen LogP contribution in [0, 0.1) is 12.8 Å². The molecule has 7 heteroatoms. The van der Waals surface area contributed by atoms with Crippen molar-refractivity contribution >= 4 is 28.7 Å². The molecule has 1 aromatic carbocycles. The van der Waals surface area contributed by atoms with Crippen molar-refractivity contribution in [2.45, 2.75) is 33.2 Å². The molecular weight excluding hydrogens is 332 g/mol. The largest absolute Gasteiger partial charge is 0.453 e. The van der Waals surface area contributed by atoms with Crippen molar-refractivity contribution in [1.82, 2.24) is 20.2 Å². The third-order valence-electron chi connectivity index (χ3n) is 4.52. The maximum absolute atomic E-state index is 13.1. The summed E-state index contributed by atoms with van der Waals surface area (Å²) in [5.41, 5.74) is 3.69. The molecule has 0 fully saturated rings. The van der Waals surface area contributed by atoms with Crippen LogP contribution in [-0.4, -0.2) is 46.6 Å². The van der Waals surface area contributed by atoms with Crippen molar-refractivity contribution in [1.29, 1.82) is 0 Å². The predicted octanol–water partition coefficient (Wildman–Crippen LogP) is 2.83. The minimum atomic E-state index is -0.657. The lowest BCUT2D eigenvalue weighted by Crippen LogP contribution is -2.50. The molecule has 0 saturated heterocycles. The molecule has 2 aromatic rings. The minimum Gasteiger partial charge on any atom is -0.453 e. The van der Waals surface area contributed by atoms with Crippen LogP contribution in [0.3, 0.4) is 0 Å². The van der Waals surface area contributed by atoms with Crippen LogP contribution in [0.25, 0.3) is 16.7 Å². The molecule has 0 aliphatic carbocycles. The number of aryl methyl sites for hydroxylation is 1. The molecule has 3 rings (SSSR count). The number of ether oxygens (including phenoxy) is 1. The number of imidazole rings is 1. The Morgan fingerprint density at radius 2 is 2.12 bits per heavy atom. The Morgan fingerprint density at radius 3 is 2.81 bits per heavy atom. The lowest BCUT2D eigenvalue weighted by atomic mass is 10.0. The van der Waals surface area contributed by atoms with Gasteiger partial charge in [-0.25, -0.2) is 9.78 Å². The molecule has 0 saturated carbocycles. The standard InChI is InChI=1S/C19H24N4O3/c1-11(2)16(22-19(25)26-4)18(24)23-9-5-6-15(23)17-20-13-8-7-12(3)10-14(13)21-17/h6-8,10-11,16H,5,9H2,1-4H3,(H,20,21)(H,22,25). The fourth-order valence-electron chi connectivity index (χ4n) is 3.13. The normalized spacial score (nSPS) is 15.3. The van der Waals surface area contributed by atoms with E-state index in [1.54, 1.807) is 4.90 Å². The molecule has 2 N–H and O–H groups in total. The van der Waals surface area contributed by atoms with Gasteiger partial charge in [0, 0.05) is 6.54 Å². The Hall–Kier alpha value is -2.83. The second kappa shape index (κ2) is 7.19. The average Bonchev–Trinajstić information content (AvgIpc) is 3.24. The molecule has 1 aliphatic heterocycles. The van der Waals surface area contributed by atoms with Crippen LogP contribution in [0.4, 0.5) is 4.79 Å². The highest BCUT2D eigenvalue weighted by molar-refractivity contribution is 5.93. The molecule has 1 aromatic heterocycles. The molecule has 1 unspecified atom stereocenters. The van der Waals surface area contributed by atoms with Gasteiger partial charge in [-0.05, 0) is 37.0 Å². The fraction of sp³-hybridized carbons (Fsp3) is 0.421. The van der Waals surface area contributed by atoms with E-state index in [0.29, 0.717) is 12.4 Å². The number of hydrogen-bond donors (Lipinski definition) is 2. The van der Waals surface area contributed by atoms with Gasteiger partial charge in [0.05, 0.1) is 23.8 Å². The summed E-state index contributed by atoms with van der Waals surface area (Å²) in [6, 6.07) is 5.34. The Bertz CT molecular complexity index is 869. The van der Waals surface area contributed by atoms with Crippen LogP contribution in [0.5, 0.6) is 0 Å². The second-order valence-corrected chi connectivity index (χ2v) is 6.83. The first-order chi connectivity index (χ1) is 12.4. The van der Waals surface area contributed by atoms with Crippen LogP contribution in [0.2, 0.25) is 0 Å². The van der Waals surface area contributed by atoms with Crippen molar-refractivity contribution in [2.75, 3.05) is 13.7 Å². The number of rotatable bonds is 4. The van der Waals surface area contributed by atoms with Crippen molar-refractivity contribution in [3.63, 3.8) is 0 Å². The smallest absolute Gasteiger partial charge is 0.407 e. The zero-order valence-electron chi connectivity index (χ0n) is 15.5. The molecular formula is C19H24N4O3. The number of nitrogens with zero attached hydrogens (tertiary/aromatic N) is 2. The Labute approximate surface area is 152 Å². The summed E-state index contributed by atoms with van der Waals surface area (Å²) in [6.45, 7) is 6.37. The molecule has 26 heavy (non-hydrogen) atoms. The van der Waals surface area contributed by atoms with Gasteiger partial charge < -0.3 is 19.9 Å². The Kier molecular flexibility index (Phi) is 4.97. The van der Waals surface area contributed by atoms with Crippen molar-refractivity contribution < 1.29 is 14.3 Å². The number of methoxy groups -OCH3 is 1. The van der Waals surface area contributed by atoms with E-state index in [-0.39, 0.29) is 11.8 Å². The van der Waals surface area contributed by atoms with Gasteiger partial charge in [-0.1, -0.05) is 26.0 Å². The summed E-state index contributed by atoms with van der Waals surface area (Å²) in [5, 5.41) is 2.64. The first-order valence-electron chi connectivity index (χ1n) is 8.73. The molecule has 0 spiro atoms. The third-order valence-corrected chi connectivity index (χ3v) is 4.52. The summed E-state index contributed by atoms with van der Waals surface area (Å²) in [4.78, 5) is 34.3. The van der Waals surface area contributed by atoms with E-state index >= 15 is 0 Å². The first kappa shape index (κ1) is 18.0. The molecule has 1 atom stereocenters. The average molecular weight is 356 g/mol. The van der Waals surface area contributed by atoms with E-state index in [1.807, 2.05) is 45.0 Å². The zero-order chi connectivity index (χ0) is 18.8. The monoisotopic (exact) mass is 356 g/mol. The number of amides is 2. The molecule has 0 bridgehead atoms.